The van der Waals surface area contributed by atoms with Crippen LogP contribution in [0.2, 0.25) is 0 Å². The van der Waals surface area contributed by atoms with E-state index in [0.29, 0.717) is 29.9 Å². The Labute approximate surface area is 218 Å². The van der Waals surface area contributed by atoms with E-state index in [1.165, 1.54) is 25.0 Å². The Morgan fingerprint density at radius 3 is 2.39 bits per heavy atom. The second kappa shape index (κ2) is 11.1. The van der Waals surface area contributed by atoms with Crippen LogP contribution in [0.25, 0.3) is 11.2 Å². The van der Waals surface area contributed by atoms with Gasteiger partial charge in [-0.2, -0.15) is 23.1 Å². The minimum atomic E-state index is -4.44. The second-order valence-electron chi connectivity index (χ2n) is 10.2. The summed E-state index contributed by atoms with van der Waals surface area (Å²) in [7, 11) is 0. The lowest BCUT2D eigenvalue weighted by atomic mass is 9.92. The summed E-state index contributed by atoms with van der Waals surface area (Å²) in [5.41, 5.74) is 6.88. The number of anilines is 2. The second-order valence-corrected chi connectivity index (χ2v) is 10.2. The van der Waals surface area contributed by atoms with Crippen LogP contribution in [0.15, 0.2) is 30.6 Å². The molecule has 0 spiro atoms. The molecule has 2 heterocycles. The third kappa shape index (κ3) is 6.01. The van der Waals surface area contributed by atoms with E-state index in [1.807, 2.05) is 6.33 Å². The molecule has 0 radical (unpaired) electrons. The molecule has 0 bridgehead atoms. The summed E-state index contributed by atoms with van der Waals surface area (Å²) < 4.78 is 40.5. The van der Waals surface area contributed by atoms with Gasteiger partial charge in [0.15, 0.2) is 17.0 Å². The number of aromatic nitrogens is 4. The highest BCUT2D eigenvalue weighted by molar-refractivity contribution is 5.94. The molecule has 3 aromatic rings. The molecule has 5 N–H and O–H groups in total. The molecule has 38 heavy (non-hydrogen) atoms. The number of hydrogen-bond donors (Lipinski definition) is 4. The van der Waals surface area contributed by atoms with Gasteiger partial charge in [-0.15, -0.1) is 0 Å². The van der Waals surface area contributed by atoms with Crippen molar-refractivity contribution in [3.63, 3.8) is 0 Å². The predicted octanol–water partition coefficient (Wildman–Crippen LogP) is 4.48. The Morgan fingerprint density at radius 1 is 1.00 bits per heavy atom. The summed E-state index contributed by atoms with van der Waals surface area (Å²) in [6, 6.07) is 5.02. The van der Waals surface area contributed by atoms with Crippen LogP contribution < -0.4 is 21.7 Å². The van der Waals surface area contributed by atoms with Crippen LogP contribution in [0.1, 0.15) is 73.3 Å². The van der Waals surface area contributed by atoms with Crippen LogP contribution in [0.3, 0.4) is 0 Å². The van der Waals surface area contributed by atoms with Crippen LogP contribution >= 0.6 is 0 Å². The molecule has 0 aliphatic heterocycles. The number of nitrogens with zero attached hydrogens (tertiary/aromatic N) is 4. The maximum absolute atomic E-state index is 12.8. The number of fused-ring (bicyclic) bond motifs is 1. The summed E-state index contributed by atoms with van der Waals surface area (Å²) in [6.07, 6.45) is 5.80. The van der Waals surface area contributed by atoms with Gasteiger partial charge in [-0.05, 0) is 62.8 Å². The zero-order valence-electron chi connectivity index (χ0n) is 21.1. The molecular weight excluding hydrogens is 497 g/mol. The number of carbonyl (C=O) groups excluding carboxylic acids is 1. The van der Waals surface area contributed by atoms with Gasteiger partial charge < -0.3 is 26.3 Å². The van der Waals surface area contributed by atoms with Crippen molar-refractivity contribution in [2.75, 3.05) is 23.7 Å². The molecular formula is C26H33F3N8O. The predicted molar refractivity (Wildman–Crippen MR) is 139 cm³/mol. The highest BCUT2D eigenvalue weighted by atomic mass is 19.4. The number of benzene rings is 1. The van der Waals surface area contributed by atoms with E-state index >= 15 is 0 Å². The van der Waals surface area contributed by atoms with Gasteiger partial charge >= 0.3 is 6.18 Å². The van der Waals surface area contributed by atoms with Gasteiger partial charge in [0.2, 0.25) is 5.95 Å². The van der Waals surface area contributed by atoms with Crippen molar-refractivity contribution >= 4 is 28.8 Å². The van der Waals surface area contributed by atoms with Crippen LogP contribution in [0.4, 0.5) is 24.9 Å². The molecule has 2 aliphatic carbocycles. The average molecular weight is 531 g/mol. The summed E-state index contributed by atoms with van der Waals surface area (Å²) >= 11 is 0. The van der Waals surface area contributed by atoms with Crippen molar-refractivity contribution < 1.29 is 18.0 Å². The highest BCUT2D eigenvalue weighted by Gasteiger charge is 2.30. The minimum absolute atomic E-state index is 0.163. The molecule has 12 heteroatoms. The molecule has 2 saturated carbocycles. The van der Waals surface area contributed by atoms with Gasteiger partial charge in [0.25, 0.3) is 5.91 Å². The fourth-order valence-electron chi connectivity index (χ4n) is 5.27. The highest BCUT2D eigenvalue weighted by Crippen LogP contribution is 2.33. The fourth-order valence-corrected chi connectivity index (χ4v) is 5.27. The van der Waals surface area contributed by atoms with Crippen molar-refractivity contribution in [1.29, 1.82) is 0 Å². The van der Waals surface area contributed by atoms with E-state index in [-0.39, 0.29) is 24.2 Å². The van der Waals surface area contributed by atoms with E-state index in [1.54, 1.807) is 0 Å². The lowest BCUT2D eigenvalue weighted by Crippen LogP contribution is -2.33. The summed E-state index contributed by atoms with van der Waals surface area (Å²) in [5.74, 6) is 0.663. The molecule has 1 amide bonds. The fraction of sp³-hybridized carbons (Fsp3) is 0.538. The molecule has 2 fully saturated rings. The molecule has 0 atom stereocenters. The van der Waals surface area contributed by atoms with Gasteiger partial charge in [0.05, 0.1) is 11.9 Å². The van der Waals surface area contributed by atoms with Crippen molar-refractivity contribution in [1.82, 2.24) is 24.8 Å². The Balaban J connectivity index is 1.26. The Kier molecular flexibility index (Phi) is 7.68. The van der Waals surface area contributed by atoms with E-state index in [9.17, 15) is 18.0 Å². The van der Waals surface area contributed by atoms with Crippen molar-refractivity contribution in [2.45, 2.75) is 75.7 Å². The maximum Gasteiger partial charge on any atom is 0.416 e. The zero-order valence-corrected chi connectivity index (χ0v) is 21.1. The lowest BCUT2D eigenvalue weighted by Gasteiger charge is -2.27. The number of nitrogens with one attached hydrogen (secondary N) is 3. The number of rotatable bonds is 8. The number of imidazole rings is 1. The van der Waals surface area contributed by atoms with E-state index in [0.717, 1.165) is 56.3 Å². The molecule has 2 aliphatic rings. The van der Waals surface area contributed by atoms with Crippen molar-refractivity contribution in [3.05, 3.63) is 41.7 Å². The van der Waals surface area contributed by atoms with Crippen LogP contribution in [-0.4, -0.2) is 50.6 Å². The quantitative estimate of drug-likeness (QED) is 0.317. The first-order chi connectivity index (χ1) is 18.3. The Morgan fingerprint density at radius 2 is 1.71 bits per heavy atom. The molecule has 9 nitrogen and oxygen atoms in total. The molecule has 2 aromatic heterocycles. The Bertz CT molecular complexity index is 1250. The van der Waals surface area contributed by atoms with Crippen LogP contribution in [-0.2, 0) is 6.18 Å². The first-order valence-corrected chi connectivity index (χ1v) is 13.2. The zero-order chi connectivity index (χ0) is 26.7. The van der Waals surface area contributed by atoms with E-state index in [2.05, 4.69) is 25.5 Å². The van der Waals surface area contributed by atoms with Gasteiger partial charge in [0, 0.05) is 36.8 Å². The molecule has 0 unspecified atom stereocenters. The number of amides is 1. The topological polar surface area (TPSA) is 123 Å². The molecule has 0 saturated heterocycles. The number of halogens is 3. The van der Waals surface area contributed by atoms with E-state index in [4.69, 9.17) is 15.7 Å². The number of nitrogens with two attached hydrogens (primary N) is 1. The Hall–Kier alpha value is -3.41. The number of hydrogen-bond acceptors (Lipinski definition) is 7. The van der Waals surface area contributed by atoms with Crippen molar-refractivity contribution in [2.24, 2.45) is 5.73 Å². The summed E-state index contributed by atoms with van der Waals surface area (Å²) in [5, 5.41) is 9.47. The smallest absolute Gasteiger partial charge is 0.366 e. The van der Waals surface area contributed by atoms with Crippen molar-refractivity contribution in [3.8, 4) is 0 Å². The summed E-state index contributed by atoms with van der Waals surface area (Å²) in [6.45, 7) is 0.602. The third-order valence-electron chi connectivity index (χ3n) is 7.42. The van der Waals surface area contributed by atoms with Crippen LogP contribution in [0.5, 0.6) is 0 Å². The molecule has 204 valence electrons. The molecule has 1 aromatic carbocycles. The first kappa shape index (κ1) is 26.2. The van der Waals surface area contributed by atoms with Gasteiger partial charge in [-0.3, -0.25) is 4.79 Å². The normalized spacial score (nSPS) is 20.5. The van der Waals surface area contributed by atoms with Gasteiger partial charge in [0.1, 0.15) is 0 Å². The number of carbonyl (C=O) groups is 1. The monoisotopic (exact) mass is 530 g/mol. The number of alkyl halides is 3. The largest absolute Gasteiger partial charge is 0.416 e. The SMILES string of the molecule is NC1CCC(Nc2nc(NCCNC(=O)c3ccc(C(F)(F)F)cc3)c3ncn(C4CCCC4)c3n2)CC1. The first-order valence-electron chi connectivity index (χ1n) is 13.2. The summed E-state index contributed by atoms with van der Waals surface area (Å²) in [4.78, 5) is 26.5. The standard InChI is InChI=1S/C26H33F3N8O/c27-26(28,29)17-7-5-16(6-8-17)24(38)32-14-13-31-22-21-23(37(15-33-21)20-3-1-2-4-20)36-25(35-22)34-19-11-9-18(30)10-12-19/h5-8,15,18-20H,1-4,9-14,30H2,(H,32,38)(H2,31,34,35,36). The van der Waals surface area contributed by atoms with E-state index < -0.39 is 17.6 Å². The third-order valence-corrected chi connectivity index (χ3v) is 7.42. The lowest BCUT2D eigenvalue weighted by molar-refractivity contribution is -0.137. The minimum Gasteiger partial charge on any atom is -0.366 e. The molecule has 5 rings (SSSR count). The van der Waals surface area contributed by atoms with Gasteiger partial charge in [-0.25, -0.2) is 4.98 Å². The van der Waals surface area contributed by atoms with Crippen LogP contribution in [0, 0.1) is 0 Å². The average Bonchev–Trinajstić information content (AvgIpc) is 3.57. The maximum atomic E-state index is 12.8. The van der Waals surface area contributed by atoms with Gasteiger partial charge in [-0.1, -0.05) is 12.8 Å².